The van der Waals surface area contributed by atoms with Gasteiger partial charge in [-0.2, -0.15) is 0 Å². The molecule has 0 bridgehead atoms. The van der Waals surface area contributed by atoms with E-state index in [1.54, 1.807) is 6.07 Å². The lowest BCUT2D eigenvalue weighted by atomic mass is 10.0. The fraction of sp³-hybridized carbons (Fsp3) is 0.211. The monoisotopic (exact) mass is 323 g/mol. The Morgan fingerprint density at radius 1 is 1.21 bits per heavy atom. The lowest BCUT2D eigenvalue weighted by Crippen LogP contribution is -2.28. The van der Waals surface area contributed by atoms with Gasteiger partial charge in [0.15, 0.2) is 5.76 Å². The molecule has 0 aliphatic carbocycles. The van der Waals surface area contributed by atoms with Crippen LogP contribution < -0.4 is 10.1 Å². The number of aliphatic hydroxyl groups is 1. The van der Waals surface area contributed by atoms with E-state index in [0.29, 0.717) is 12.2 Å². The highest BCUT2D eigenvalue weighted by molar-refractivity contribution is 5.96. The maximum Gasteiger partial charge on any atom is 0.287 e. The van der Waals surface area contributed by atoms with E-state index in [1.807, 2.05) is 42.5 Å². The van der Waals surface area contributed by atoms with Crippen molar-refractivity contribution >= 4 is 16.9 Å². The molecule has 5 heteroatoms. The van der Waals surface area contributed by atoms with Crippen LogP contribution in [0.3, 0.4) is 0 Å². The number of ether oxygens (including phenoxy) is 1. The summed E-state index contributed by atoms with van der Waals surface area (Å²) >= 11 is 0. The second kappa shape index (κ2) is 6.02. The minimum atomic E-state index is -0.774. The third-order valence-corrected chi connectivity index (χ3v) is 4.20. The number of fused-ring (bicyclic) bond motifs is 2. The average Bonchev–Trinajstić information content (AvgIpc) is 3.24. The van der Waals surface area contributed by atoms with Crippen LogP contribution in [-0.4, -0.2) is 24.2 Å². The fourth-order valence-electron chi connectivity index (χ4n) is 2.90. The van der Waals surface area contributed by atoms with Crippen molar-refractivity contribution in [2.24, 2.45) is 0 Å². The third kappa shape index (κ3) is 2.74. The van der Waals surface area contributed by atoms with Crippen molar-refractivity contribution < 1.29 is 19.1 Å². The minimum absolute atomic E-state index is 0.121. The second-order valence-electron chi connectivity index (χ2n) is 5.84. The van der Waals surface area contributed by atoms with E-state index in [2.05, 4.69) is 5.32 Å². The van der Waals surface area contributed by atoms with Gasteiger partial charge in [0, 0.05) is 18.4 Å². The van der Waals surface area contributed by atoms with E-state index in [0.717, 1.165) is 28.7 Å². The predicted octanol–water partition coefficient (Wildman–Crippen LogP) is 2.83. The summed E-state index contributed by atoms with van der Waals surface area (Å²) in [5.74, 6) is 0.776. The molecule has 5 nitrogen and oxygen atoms in total. The largest absolute Gasteiger partial charge is 0.493 e. The Hall–Kier alpha value is -2.79. The first kappa shape index (κ1) is 14.8. The molecule has 24 heavy (non-hydrogen) atoms. The summed E-state index contributed by atoms with van der Waals surface area (Å²) in [5, 5.41) is 13.9. The van der Waals surface area contributed by atoms with Gasteiger partial charge >= 0.3 is 0 Å². The summed E-state index contributed by atoms with van der Waals surface area (Å²) in [6, 6.07) is 14.8. The summed E-state index contributed by atoms with van der Waals surface area (Å²) in [5.41, 5.74) is 2.53. The number of nitrogens with one attached hydrogen (secondary N) is 1. The Balaban J connectivity index is 1.43. The van der Waals surface area contributed by atoms with E-state index >= 15 is 0 Å². The molecular weight excluding hydrogens is 306 g/mol. The molecule has 1 aliphatic rings. The van der Waals surface area contributed by atoms with Crippen LogP contribution in [-0.2, 0) is 6.42 Å². The number of carbonyl (C=O) groups is 1. The molecule has 1 unspecified atom stereocenters. The smallest absolute Gasteiger partial charge is 0.287 e. The highest BCUT2D eigenvalue weighted by Gasteiger charge is 2.17. The van der Waals surface area contributed by atoms with Gasteiger partial charge in [-0.15, -0.1) is 0 Å². The lowest BCUT2D eigenvalue weighted by Gasteiger charge is -2.12. The van der Waals surface area contributed by atoms with Crippen LogP contribution in [0.5, 0.6) is 5.75 Å². The van der Waals surface area contributed by atoms with Gasteiger partial charge in [0.2, 0.25) is 0 Å². The summed E-state index contributed by atoms with van der Waals surface area (Å²) in [4.78, 5) is 12.2. The van der Waals surface area contributed by atoms with E-state index in [1.165, 1.54) is 0 Å². The van der Waals surface area contributed by atoms with Gasteiger partial charge in [-0.25, -0.2) is 0 Å². The molecule has 0 spiro atoms. The van der Waals surface area contributed by atoms with Gasteiger partial charge in [-0.05, 0) is 35.4 Å². The Bertz CT molecular complexity index is 866. The molecule has 1 atom stereocenters. The number of rotatable bonds is 4. The van der Waals surface area contributed by atoms with Crippen molar-refractivity contribution in [1.29, 1.82) is 0 Å². The number of furan rings is 1. The molecule has 2 aromatic carbocycles. The molecule has 0 radical (unpaired) electrons. The number of para-hydroxylation sites is 1. The van der Waals surface area contributed by atoms with Gasteiger partial charge in [0.25, 0.3) is 5.91 Å². The molecule has 2 heterocycles. The summed E-state index contributed by atoms with van der Waals surface area (Å²) < 4.78 is 11.0. The maximum absolute atomic E-state index is 12.2. The molecule has 1 aliphatic heterocycles. The molecule has 122 valence electrons. The number of hydrogen-bond donors (Lipinski definition) is 2. The molecule has 0 saturated heterocycles. The normalized spacial score (nSPS) is 14.2. The molecular formula is C19H17NO4. The Kier molecular flexibility index (Phi) is 3.70. The first-order chi connectivity index (χ1) is 11.7. The van der Waals surface area contributed by atoms with Crippen molar-refractivity contribution in [3.05, 3.63) is 65.4 Å². The molecule has 0 fully saturated rings. The highest BCUT2D eigenvalue weighted by Crippen LogP contribution is 2.28. The van der Waals surface area contributed by atoms with Gasteiger partial charge in [-0.3, -0.25) is 4.79 Å². The second-order valence-corrected chi connectivity index (χ2v) is 5.84. The Morgan fingerprint density at radius 2 is 2.08 bits per heavy atom. The van der Waals surface area contributed by atoms with Crippen LogP contribution in [0.2, 0.25) is 0 Å². The van der Waals surface area contributed by atoms with E-state index in [-0.39, 0.29) is 18.2 Å². The molecule has 3 aromatic rings. The zero-order valence-electron chi connectivity index (χ0n) is 13.0. The SMILES string of the molecule is O=C(NCC(O)c1ccc2c(c1)CCO2)c1cc2ccccc2o1. The summed E-state index contributed by atoms with van der Waals surface area (Å²) in [7, 11) is 0. The number of carbonyl (C=O) groups excluding carboxylic acids is 1. The van der Waals surface area contributed by atoms with Crippen molar-refractivity contribution in [2.45, 2.75) is 12.5 Å². The summed E-state index contributed by atoms with van der Waals surface area (Å²) in [6.07, 6.45) is 0.0746. The average molecular weight is 323 g/mol. The summed E-state index contributed by atoms with van der Waals surface area (Å²) in [6.45, 7) is 0.799. The van der Waals surface area contributed by atoms with Crippen LogP contribution in [0.25, 0.3) is 11.0 Å². The van der Waals surface area contributed by atoms with Crippen LogP contribution in [0.15, 0.2) is 52.9 Å². The van der Waals surface area contributed by atoms with Gasteiger partial charge < -0.3 is 19.6 Å². The van der Waals surface area contributed by atoms with Crippen molar-refractivity contribution in [1.82, 2.24) is 5.32 Å². The first-order valence-electron chi connectivity index (χ1n) is 7.91. The van der Waals surface area contributed by atoms with E-state index in [9.17, 15) is 9.90 Å². The Morgan fingerprint density at radius 3 is 2.96 bits per heavy atom. The molecule has 2 N–H and O–H groups in total. The lowest BCUT2D eigenvalue weighted by molar-refractivity contribution is 0.0891. The zero-order chi connectivity index (χ0) is 16.5. The quantitative estimate of drug-likeness (QED) is 0.774. The van der Waals surface area contributed by atoms with Gasteiger partial charge in [0.1, 0.15) is 11.3 Å². The molecule has 4 rings (SSSR count). The third-order valence-electron chi connectivity index (χ3n) is 4.20. The van der Waals surface area contributed by atoms with Crippen LogP contribution in [0.4, 0.5) is 0 Å². The minimum Gasteiger partial charge on any atom is -0.493 e. The van der Waals surface area contributed by atoms with E-state index < -0.39 is 6.10 Å². The molecule has 0 saturated carbocycles. The number of amides is 1. The first-order valence-corrected chi connectivity index (χ1v) is 7.91. The van der Waals surface area contributed by atoms with Crippen LogP contribution >= 0.6 is 0 Å². The molecule has 1 amide bonds. The van der Waals surface area contributed by atoms with Gasteiger partial charge in [-0.1, -0.05) is 24.3 Å². The van der Waals surface area contributed by atoms with Crippen molar-refractivity contribution in [3.8, 4) is 5.75 Å². The number of aliphatic hydroxyl groups excluding tert-OH is 1. The van der Waals surface area contributed by atoms with E-state index in [4.69, 9.17) is 9.15 Å². The molecule has 1 aromatic heterocycles. The standard InChI is InChI=1S/C19H17NO4/c21-15(12-5-6-16-14(9-12)7-8-23-16)11-20-19(22)18-10-13-3-1-2-4-17(13)24-18/h1-6,9-10,15,21H,7-8,11H2,(H,20,22). The number of benzene rings is 2. The topological polar surface area (TPSA) is 71.7 Å². The van der Waals surface area contributed by atoms with Crippen molar-refractivity contribution in [2.75, 3.05) is 13.2 Å². The Labute approximate surface area is 138 Å². The van der Waals surface area contributed by atoms with Crippen molar-refractivity contribution in [3.63, 3.8) is 0 Å². The van der Waals surface area contributed by atoms with Gasteiger partial charge in [0.05, 0.1) is 12.7 Å². The predicted molar refractivity (Wildman–Crippen MR) is 89.1 cm³/mol. The maximum atomic E-state index is 12.2. The zero-order valence-corrected chi connectivity index (χ0v) is 13.0. The van der Waals surface area contributed by atoms with Crippen LogP contribution in [0.1, 0.15) is 27.8 Å². The fourth-order valence-corrected chi connectivity index (χ4v) is 2.90. The van der Waals surface area contributed by atoms with Crippen LogP contribution in [0, 0.1) is 0 Å². The number of hydrogen-bond acceptors (Lipinski definition) is 4. The highest BCUT2D eigenvalue weighted by atomic mass is 16.5.